The molecule has 194 valence electrons. The minimum Gasteiger partial charge on any atom is -0.481 e. The number of ether oxygens (including phenoxy) is 2. The average molecular weight is 525 g/mol. The van der Waals surface area contributed by atoms with Crippen molar-refractivity contribution in [2.45, 2.75) is 51.2 Å². The lowest BCUT2D eigenvalue weighted by molar-refractivity contribution is -0.133. The summed E-state index contributed by atoms with van der Waals surface area (Å²) in [7, 11) is 1.58. The Morgan fingerprint density at radius 2 is 2.14 bits per heavy atom. The number of likely N-dealkylation sites (tertiary alicyclic amines) is 1. The fourth-order valence-electron chi connectivity index (χ4n) is 4.97. The fraction of sp³-hybridized carbons (Fsp3) is 0.423. The maximum atomic E-state index is 12.6. The van der Waals surface area contributed by atoms with Crippen molar-refractivity contribution in [3.8, 4) is 11.6 Å². The van der Waals surface area contributed by atoms with Crippen molar-refractivity contribution >= 4 is 40.3 Å². The first-order valence-electron chi connectivity index (χ1n) is 12.3. The number of methoxy groups -OCH3 is 1. The molecule has 0 aliphatic carbocycles. The Bertz CT molecular complexity index is 1340. The topological polar surface area (TPSA) is 119 Å². The third-order valence-electron chi connectivity index (χ3n) is 6.89. The molecule has 2 N–H and O–H groups in total. The lowest BCUT2D eigenvalue weighted by atomic mass is 9.93. The summed E-state index contributed by atoms with van der Waals surface area (Å²) >= 11 is 6.52. The number of rotatable bonds is 7. The summed E-state index contributed by atoms with van der Waals surface area (Å²) in [6.45, 7) is 2.76. The summed E-state index contributed by atoms with van der Waals surface area (Å²) in [5, 5.41) is 6.82. The van der Waals surface area contributed by atoms with Crippen LogP contribution in [0.5, 0.6) is 11.6 Å². The number of nitrogens with one attached hydrogen (secondary N) is 2. The van der Waals surface area contributed by atoms with Crippen LogP contribution in [-0.2, 0) is 22.6 Å². The molecule has 3 aromatic rings. The van der Waals surface area contributed by atoms with Crippen molar-refractivity contribution in [3.63, 3.8) is 0 Å². The molecule has 2 amide bonds. The predicted octanol–water partition coefficient (Wildman–Crippen LogP) is 3.12. The molecule has 3 aromatic heterocycles. The predicted molar refractivity (Wildman–Crippen MR) is 139 cm³/mol. The van der Waals surface area contributed by atoms with Crippen LogP contribution >= 0.6 is 11.6 Å². The number of pyridine rings is 3. The lowest BCUT2D eigenvalue weighted by Gasteiger charge is -2.40. The molecule has 10 nitrogen and oxygen atoms in total. The largest absolute Gasteiger partial charge is 0.481 e. The molecule has 5 rings (SSSR count). The minimum atomic E-state index is -0.212. The number of hydrogen-bond donors (Lipinski definition) is 2. The second kappa shape index (κ2) is 10.9. The smallest absolute Gasteiger partial charge is 0.263 e. The van der Waals surface area contributed by atoms with Gasteiger partial charge < -0.3 is 25.0 Å². The van der Waals surface area contributed by atoms with E-state index in [0.29, 0.717) is 42.0 Å². The molecule has 11 heteroatoms. The molecule has 2 aliphatic rings. The molecule has 1 saturated heterocycles. The highest BCUT2D eigenvalue weighted by Gasteiger charge is 2.30. The highest BCUT2D eigenvalue weighted by Crippen LogP contribution is 2.29. The molecule has 0 radical (unpaired) electrons. The second-order valence-electron chi connectivity index (χ2n) is 9.31. The van der Waals surface area contributed by atoms with Crippen molar-refractivity contribution < 1.29 is 19.1 Å². The molecular weight excluding hydrogens is 496 g/mol. The van der Waals surface area contributed by atoms with E-state index in [4.69, 9.17) is 21.1 Å². The van der Waals surface area contributed by atoms with E-state index in [9.17, 15) is 9.59 Å². The summed E-state index contributed by atoms with van der Waals surface area (Å²) in [6.07, 6.45) is 4.91. The van der Waals surface area contributed by atoms with Crippen molar-refractivity contribution in [2.75, 3.05) is 25.6 Å². The van der Waals surface area contributed by atoms with E-state index in [1.165, 1.54) is 0 Å². The summed E-state index contributed by atoms with van der Waals surface area (Å²) < 4.78 is 10.7. The van der Waals surface area contributed by atoms with Crippen molar-refractivity contribution in [1.82, 2.24) is 25.2 Å². The summed E-state index contributed by atoms with van der Waals surface area (Å²) in [5.74, 6) is 1.37. The Labute approximate surface area is 219 Å². The molecular formula is C26H29ClN6O4. The molecule has 1 fully saturated rings. The van der Waals surface area contributed by atoms with Crippen molar-refractivity contribution in [2.24, 2.45) is 0 Å². The number of carbonyl (C=O) groups excluding carboxylic acids is 2. The SMILES string of the molecule is COc1ccc2ncc(Cl)c(CC[C@H]3CC[C@H](NCc4ccc5c(n4)NC(=O)CO5)CN3C(C)=O)c2n1. The van der Waals surface area contributed by atoms with Crippen LogP contribution in [0.2, 0.25) is 5.02 Å². The molecule has 37 heavy (non-hydrogen) atoms. The normalized spacial score (nSPS) is 19.2. The van der Waals surface area contributed by atoms with Crippen LogP contribution in [0.15, 0.2) is 30.5 Å². The number of aromatic nitrogens is 3. The van der Waals surface area contributed by atoms with Crippen LogP contribution in [0, 0.1) is 0 Å². The quantitative estimate of drug-likeness (QED) is 0.484. The van der Waals surface area contributed by atoms with Gasteiger partial charge in [-0.15, -0.1) is 0 Å². The fourth-order valence-corrected chi connectivity index (χ4v) is 5.20. The highest BCUT2D eigenvalue weighted by molar-refractivity contribution is 6.32. The van der Waals surface area contributed by atoms with E-state index in [0.717, 1.165) is 41.6 Å². The molecule has 0 aromatic carbocycles. The van der Waals surface area contributed by atoms with E-state index in [-0.39, 0.29) is 30.5 Å². The Balaban J connectivity index is 1.22. The lowest BCUT2D eigenvalue weighted by Crippen LogP contribution is -2.52. The van der Waals surface area contributed by atoms with E-state index in [1.54, 1.807) is 26.3 Å². The van der Waals surface area contributed by atoms with Gasteiger partial charge in [-0.3, -0.25) is 14.6 Å². The van der Waals surface area contributed by atoms with Gasteiger partial charge >= 0.3 is 0 Å². The van der Waals surface area contributed by atoms with E-state index < -0.39 is 0 Å². The molecule has 0 spiro atoms. The zero-order valence-corrected chi connectivity index (χ0v) is 21.5. The Kier molecular flexibility index (Phi) is 7.38. The Morgan fingerprint density at radius 1 is 1.27 bits per heavy atom. The zero-order chi connectivity index (χ0) is 25.9. The van der Waals surface area contributed by atoms with Gasteiger partial charge in [0.25, 0.3) is 5.91 Å². The number of amides is 2. The summed E-state index contributed by atoms with van der Waals surface area (Å²) in [5.41, 5.74) is 3.21. The van der Waals surface area contributed by atoms with Crippen LogP contribution in [0.4, 0.5) is 5.82 Å². The first-order chi connectivity index (χ1) is 17.9. The number of halogens is 1. The van der Waals surface area contributed by atoms with Crippen molar-refractivity contribution in [3.05, 3.63) is 46.7 Å². The van der Waals surface area contributed by atoms with Gasteiger partial charge in [-0.1, -0.05) is 11.6 Å². The van der Waals surface area contributed by atoms with Crippen LogP contribution in [0.25, 0.3) is 11.0 Å². The zero-order valence-electron chi connectivity index (χ0n) is 20.8. The van der Waals surface area contributed by atoms with Crippen LogP contribution in [-0.4, -0.2) is 64.0 Å². The molecule has 2 atom stereocenters. The minimum absolute atomic E-state index is 0.00466. The van der Waals surface area contributed by atoms with Gasteiger partial charge in [0, 0.05) is 49.9 Å². The van der Waals surface area contributed by atoms with E-state index in [1.807, 2.05) is 23.1 Å². The summed E-state index contributed by atoms with van der Waals surface area (Å²) in [6, 6.07) is 7.59. The van der Waals surface area contributed by atoms with Gasteiger partial charge in [0.15, 0.2) is 18.2 Å². The number of aryl methyl sites for hydroxylation is 1. The summed E-state index contributed by atoms with van der Waals surface area (Å²) in [4.78, 5) is 39.5. The monoisotopic (exact) mass is 524 g/mol. The van der Waals surface area contributed by atoms with Crippen LogP contribution in [0.3, 0.4) is 0 Å². The molecule has 2 aliphatic heterocycles. The van der Waals surface area contributed by atoms with Gasteiger partial charge in [0.05, 0.1) is 28.9 Å². The maximum absolute atomic E-state index is 12.6. The van der Waals surface area contributed by atoms with Gasteiger partial charge in [0.2, 0.25) is 11.8 Å². The standard InChI is InChI=1S/C26H29ClN6O4/c1-15(34)33-13-17(28-11-16-4-9-22-26(30-16)31-23(35)14-37-22)3-5-18(33)6-7-19-20(27)12-29-21-8-10-24(36-2)32-25(19)21/h4,8-10,12,17-18,28H,3,5-7,11,13-14H2,1-2H3,(H,30,31,35)/t17-,18+/m0/s1. The van der Waals surface area contributed by atoms with Gasteiger partial charge in [-0.2, -0.15) is 0 Å². The van der Waals surface area contributed by atoms with Crippen LogP contribution in [0.1, 0.15) is 37.4 Å². The number of carbonyl (C=O) groups is 2. The number of nitrogens with zero attached hydrogens (tertiary/aromatic N) is 4. The van der Waals surface area contributed by atoms with E-state index >= 15 is 0 Å². The number of fused-ring (bicyclic) bond motifs is 2. The Hall–Kier alpha value is -3.50. The first kappa shape index (κ1) is 25.2. The average Bonchev–Trinajstić information content (AvgIpc) is 2.91. The second-order valence-corrected chi connectivity index (χ2v) is 9.72. The molecule has 0 bridgehead atoms. The maximum Gasteiger partial charge on any atom is 0.263 e. The molecule has 0 saturated carbocycles. The Morgan fingerprint density at radius 3 is 2.95 bits per heavy atom. The van der Waals surface area contributed by atoms with Crippen LogP contribution < -0.4 is 20.1 Å². The highest BCUT2D eigenvalue weighted by atomic mass is 35.5. The van der Waals surface area contributed by atoms with Gasteiger partial charge in [-0.05, 0) is 43.9 Å². The molecule has 0 unspecified atom stereocenters. The molecule has 5 heterocycles. The third-order valence-corrected chi connectivity index (χ3v) is 7.22. The number of hydrogen-bond acceptors (Lipinski definition) is 8. The number of anilines is 1. The van der Waals surface area contributed by atoms with Gasteiger partial charge in [-0.25, -0.2) is 9.97 Å². The van der Waals surface area contributed by atoms with E-state index in [2.05, 4.69) is 25.6 Å². The third kappa shape index (κ3) is 5.60. The first-order valence-corrected chi connectivity index (χ1v) is 12.7. The number of piperidine rings is 1. The van der Waals surface area contributed by atoms with Crippen molar-refractivity contribution in [1.29, 1.82) is 0 Å². The van der Waals surface area contributed by atoms with Gasteiger partial charge in [0.1, 0.15) is 0 Å².